The highest BCUT2D eigenvalue weighted by Gasteiger charge is 2.37. The molecule has 6 heteroatoms. The second-order valence-corrected chi connectivity index (χ2v) is 6.82. The van der Waals surface area contributed by atoms with E-state index in [4.69, 9.17) is 0 Å². The van der Waals surface area contributed by atoms with Gasteiger partial charge >= 0.3 is 6.18 Å². The Morgan fingerprint density at radius 1 is 1.26 bits per heavy atom. The number of benzene rings is 1. The van der Waals surface area contributed by atoms with Gasteiger partial charge in [-0.15, -0.1) is 0 Å². The molecule has 0 radical (unpaired) electrons. The zero-order chi connectivity index (χ0) is 17.3. The summed E-state index contributed by atoms with van der Waals surface area (Å²) in [4.78, 5) is 1.97. The van der Waals surface area contributed by atoms with Crippen molar-refractivity contribution in [1.29, 1.82) is 0 Å². The van der Waals surface area contributed by atoms with Crippen LogP contribution in [0.25, 0.3) is 0 Å². The van der Waals surface area contributed by atoms with E-state index in [1.54, 1.807) is 19.9 Å². The van der Waals surface area contributed by atoms with Crippen molar-refractivity contribution in [3.63, 3.8) is 0 Å². The van der Waals surface area contributed by atoms with E-state index in [2.05, 4.69) is 0 Å². The van der Waals surface area contributed by atoms with E-state index in [0.29, 0.717) is 0 Å². The summed E-state index contributed by atoms with van der Waals surface area (Å²) >= 11 is 0. The molecular weight excluding hydrogens is 307 g/mol. The monoisotopic (exact) mass is 331 g/mol. The minimum Gasteiger partial charge on any atom is -0.391 e. The molecule has 3 nitrogen and oxygen atoms in total. The lowest BCUT2D eigenvalue weighted by Crippen LogP contribution is -2.48. The lowest BCUT2D eigenvalue weighted by molar-refractivity contribution is -0.138. The Kier molecular flexibility index (Phi) is 5.38. The molecule has 1 aromatic rings. The van der Waals surface area contributed by atoms with Crippen LogP contribution in [0.15, 0.2) is 24.3 Å². The summed E-state index contributed by atoms with van der Waals surface area (Å²) in [5.74, 6) is 0. The molecule has 2 rings (SSSR count). The Morgan fingerprint density at radius 3 is 2.52 bits per heavy atom. The molecule has 1 fully saturated rings. The number of halogens is 3. The Balaban J connectivity index is 2.05. The molecule has 0 aromatic heterocycles. The molecule has 2 N–H and O–H groups in total. The van der Waals surface area contributed by atoms with E-state index in [9.17, 15) is 23.4 Å². The number of aliphatic hydroxyl groups excluding tert-OH is 1. The number of β-amino-alcohol motifs (C(OH)–C–C–N with tert-alkyl or cyclic N) is 1. The Hall–Kier alpha value is -1.11. The Bertz CT molecular complexity index is 525. The maximum absolute atomic E-state index is 13.0. The summed E-state index contributed by atoms with van der Waals surface area (Å²) in [6, 6.07) is 5.27. The van der Waals surface area contributed by atoms with E-state index >= 15 is 0 Å². The molecule has 2 unspecified atom stereocenters. The first kappa shape index (κ1) is 18.2. The third kappa shape index (κ3) is 4.68. The highest BCUT2D eigenvalue weighted by atomic mass is 19.4. The number of rotatable bonds is 5. The molecule has 1 heterocycles. The highest BCUT2D eigenvalue weighted by Crippen LogP contribution is 2.33. The number of aliphatic hydroxyl groups is 2. The molecule has 1 aliphatic heterocycles. The predicted octanol–water partition coefficient (Wildman–Crippen LogP) is 2.84. The molecule has 130 valence electrons. The van der Waals surface area contributed by atoms with Crippen LogP contribution in [-0.4, -0.2) is 45.9 Å². The van der Waals surface area contributed by atoms with Crippen LogP contribution in [0.2, 0.25) is 0 Å². The van der Waals surface area contributed by atoms with Crippen molar-refractivity contribution in [3.8, 4) is 0 Å². The van der Waals surface area contributed by atoms with Gasteiger partial charge in [-0.05, 0) is 44.9 Å². The second-order valence-electron chi connectivity index (χ2n) is 6.82. The summed E-state index contributed by atoms with van der Waals surface area (Å²) < 4.78 is 39.0. The minimum absolute atomic E-state index is 0.0508. The van der Waals surface area contributed by atoms with E-state index in [-0.39, 0.29) is 24.6 Å². The normalized spacial score (nSPS) is 21.6. The van der Waals surface area contributed by atoms with Crippen molar-refractivity contribution in [2.75, 3.05) is 13.1 Å². The van der Waals surface area contributed by atoms with Crippen LogP contribution in [0.1, 0.15) is 37.8 Å². The number of hydrogen-bond donors (Lipinski definition) is 2. The molecule has 1 aliphatic rings. The van der Waals surface area contributed by atoms with Gasteiger partial charge in [0.15, 0.2) is 0 Å². The van der Waals surface area contributed by atoms with Crippen molar-refractivity contribution in [2.45, 2.75) is 57.0 Å². The first-order valence-electron chi connectivity index (χ1n) is 7.88. The number of nitrogens with zero attached hydrogens (tertiary/aromatic N) is 1. The number of alkyl halides is 3. The van der Waals surface area contributed by atoms with Gasteiger partial charge in [-0.1, -0.05) is 18.2 Å². The highest BCUT2D eigenvalue weighted by molar-refractivity contribution is 5.30. The van der Waals surface area contributed by atoms with Crippen LogP contribution in [0.3, 0.4) is 0 Å². The van der Waals surface area contributed by atoms with Gasteiger partial charge in [0.25, 0.3) is 0 Å². The van der Waals surface area contributed by atoms with Gasteiger partial charge < -0.3 is 10.2 Å². The van der Waals surface area contributed by atoms with Crippen molar-refractivity contribution >= 4 is 0 Å². The summed E-state index contributed by atoms with van der Waals surface area (Å²) in [5.41, 5.74) is -1.48. The fraction of sp³-hybridized carbons (Fsp3) is 0.647. The average Bonchev–Trinajstić information content (AvgIpc) is 2.86. The fourth-order valence-corrected chi connectivity index (χ4v) is 3.41. The fourth-order valence-electron chi connectivity index (χ4n) is 3.41. The molecular formula is C17H24F3NO2. The second kappa shape index (κ2) is 6.79. The predicted molar refractivity (Wildman–Crippen MR) is 82.0 cm³/mol. The van der Waals surface area contributed by atoms with Gasteiger partial charge in [0.05, 0.1) is 17.3 Å². The number of likely N-dealkylation sites (tertiary alicyclic amines) is 1. The summed E-state index contributed by atoms with van der Waals surface area (Å²) in [5, 5.41) is 20.4. The van der Waals surface area contributed by atoms with E-state index in [1.165, 1.54) is 12.1 Å². The summed E-state index contributed by atoms with van der Waals surface area (Å²) in [7, 11) is 0. The molecule has 0 aliphatic carbocycles. The molecule has 0 spiro atoms. The molecule has 1 saturated heterocycles. The van der Waals surface area contributed by atoms with Gasteiger partial charge in [0.2, 0.25) is 0 Å². The molecule has 23 heavy (non-hydrogen) atoms. The third-order valence-corrected chi connectivity index (χ3v) is 4.40. The molecule has 0 saturated carbocycles. The van der Waals surface area contributed by atoms with Crippen LogP contribution in [0.4, 0.5) is 13.2 Å². The SMILES string of the molecule is CC(C)(O)C1CCCN1CC(O)Cc1ccccc1C(F)(F)F. The van der Waals surface area contributed by atoms with E-state index in [0.717, 1.165) is 25.5 Å². The standard InChI is InChI=1S/C17H24F3NO2/c1-16(2,23)15-8-5-9-21(15)11-13(22)10-12-6-3-4-7-14(12)17(18,19)20/h3-4,6-7,13,15,22-23H,5,8-11H2,1-2H3. The van der Waals surface area contributed by atoms with Crippen molar-refractivity contribution < 1.29 is 23.4 Å². The van der Waals surface area contributed by atoms with Crippen molar-refractivity contribution in [3.05, 3.63) is 35.4 Å². The lowest BCUT2D eigenvalue weighted by Gasteiger charge is -2.35. The van der Waals surface area contributed by atoms with Crippen molar-refractivity contribution in [2.24, 2.45) is 0 Å². The molecule has 0 bridgehead atoms. The molecule has 2 atom stereocenters. The van der Waals surface area contributed by atoms with Gasteiger partial charge in [-0.3, -0.25) is 4.90 Å². The van der Waals surface area contributed by atoms with E-state index in [1.807, 2.05) is 4.90 Å². The van der Waals surface area contributed by atoms with Gasteiger partial charge in [0.1, 0.15) is 0 Å². The minimum atomic E-state index is -4.42. The average molecular weight is 331 g/mol. The maximum Gasteiger partial charge on any atom is 0.416 e. The van der Waals surface area contributed by atoms with Crippen LogP contribution in [0, 0.1) is 0 Å². The van der Waals surface area contributed by atoms with Crippen LogP contribution in [0.5, 0.6) is 0 Å². The third-order valence-electron chi connectivity index (χ3n) is 4.40. The van der Waals surface area contributed by atoms with Crippen molar-refractivity contribution in [1.82, 2.24) is 4.90 Å². The quantitative estimate of drug-likeness (QED) is 0.872. The zero-order valence-electron chi connectivity index (χ0n) is 13.5. The first-order valence-corrected chi connectivity index (χ1v) is 7.88. The number of hydrogen-bond acceptors (Lipinski definition) is 3. The Morgan fingerprint density at radius 2 is 1.91 bits per heavy atom. The van der Waals surface area contributed by atoms with Crippen LogP contribution < -0.4 is 0 Å². The van der Waals surface area contributed by atoms with Gasteiger partial charge in [-0.25, -0.2) is 0 Å². The van der Waals surface area contributed by atoms with Gasteiger partial charge in [0, 0.05) is 19.0 Å². The Labute approximate surface area is 134 Å². The first-order chi connectivity index (χ1) is 10.6. The summed E-state index contributed by atoms with van der Waals surface area (Å²) in [6.07, 6.45) is -3.62. The smallest absolute Gasteiger partial charge is 0.391 e. The molecule has 1 aromatic carbocycles. The van der Waals surface area contributed by atoms with Crippen LogP contribution in [-0.2, 0) is 12.6 Å². The molecule has 0 amide bonds. The lowest BCUT2D eigenvalue weighted by atomic mass is 9.96. The summed E-state index contributed by atoms with van der Waals surface area (Å²) in [6.45, 7) is 4.45. The van der Waals surface area contributed by atoms with Gasteiger partial charge in [-0.2, -0.15) is 13.2 Å². The largest absolute Gasteiger partial charge is 0.416 e. The zero-order valence-corrected chi connectivity index (χ0v) is 13.5. The topological polar surface area (TPSA) is 43.7 Å². The van der Waals surface area contributed by atoms with Crippen LogP contribution >= 0.6 is 0 Å². The maximum atomic E-state index is 13.0. The van der Waals surface area contributed by atoms with E-state index < -0.39 is 23.4 Å².